The summed E-state index contributed by atoms with van der Waals surface area (Å²) in [6.07, 6.45) is 2.95. The third kappa shape index (κ3) is 3.99. The molecular weight excluding hydrogens is 330 g/mol. The molecule has 3 aromatic heterocycles. The predicted molar refractivity (Wildman–Crippen MR) is 95.9 cm³/mol. The fraction of sp³-hybridized carbons (Fsp3) is 0.368. The minimum Gasteiger partial charge on any atom is -0.477 e. The second-order valence-corrected chi connectivity index (χ2v) is 6.59. The van der Waals surface area contributed by atoms with Crippen LogP contribution < -0.4 is 10.1 Å². The van der Waals surface area contributed by atoms with E-state index >= 15 is 0 Å². The van der Waals surface area contributed by atoms with E-state index in [2.05, 4.69) is 31.5 Å². The number of hydrogen-bond acceptors (Lipinski definition) is 7. The molecule has 134 valence electrons. The molecule has 3 aromatic rings. The van der Waals surface area contributed by atoms with Crippen LogP contribution in [0.1, 0.15) is 35.3 Å². The van der Waals surface area contributed by atoms with E-state index in [1.165, 1.54) is 0 Å². The van der Waals surface area contributed by atoms with Crippen molar-refractivity contribution in [3.05, 3.63) is 59.5 Å². The number of aryl methyl sites for hydroxylation is 2. The van der Waals surface area contributed by atoms with E-state index in [1.54, 1.807) is 0 Å². The summed E-state index contributed by atoms with van der Waals surface area (Å²) < 4.78 is 11.0. The highest BCUT2D eigenvalue weighted by Crippen LogP contribution is 2.46. The average Bonchev–Trinajstić information content (AvgIpc) is 3.31. The lowest BCUT2D eigenvalue weighted by molar-refractivity contribution is 0.284. The van der Waals surface area contributed by atoms with Crippen LogP contribution in [-0.2, 0) is 6.54 Å². The van der Waals surface area contributed by atoms with E-state index < -0.39 is 0 Å². The third-order valence-electron chi connectivity index (χ3n) is 4.38. The maximum Gasteiger partial charge on any atom is 0.218 e. The summed E-state index contributed by atoms with van der Waals surface area (Å²) in [4.78, 5) is 13.2. The van der Waals surface area contributed by atoms with Gasteiger partial charge in [-0.15, -0.1) is 0 Å². The van der Waals surface area contributed by atoms with Gasteiger partial charge in [-0.05, 0) is 32.4 Å². The highest BCUT2D eigenvalue weighted by Gasteiger charge is 2.39. The smallest absolute Gasteiger partial charge is 0.218 e. The van der Waals surface area contributed by atoms with Gasteiger partial charge in [-0.25, -0.2) is 4.98 Å². The van der Waals surface area contributed by atoms with Crippen LogP contribution in [-0.4, -0.2) is 26.7 Å². The van der Waals surface area contributed by atoms with E-state index in [4.69, 9.17) is 9.26 Å². The van der Waals surface area contributed by atoms with Gasteiger partial charge in [0.05, 0.1) is 13.2 Å². The van der Waals surface area contributed by atoms with E-state index in [-0.39, 0.29) is 0 Å². The maximum absolute atomic E-state index is 5.91. The van der Waals surface area contributed by atoms with E-state index in [9.17, 15) is 0 Å². The van der Waals surface area contributed by atoms with Crippen molar-refractivity contribution in [3.63, 3.8) is 0 Å². The molecule has 1 fully saturated rings. The Labute approximate surface area is 151 Å². The second-order valence-electron chi connectivity index (χ2n) is 6.59. The van der Waals surface area contributed by atoms with Gasteiger partial charge in [-0.2, -0.15) is 4.98 Å². The first kappa shape index (κ1) is 16.5. The Kier molecular flexibility index (Phi) is 4.51. The minimum absolute atomic E-state index is 0.493. The molecular formula is C19H21N5O2. The Morgan fingerprint density at radius 3 is 2.92 bits per heavy atom. The first-order chi connectivity index (χ1) is 12.7. The van der Waals surface area contributed by atoms with Crippen LogP contribution in [0.3, 0.4) is 0 Å². The van der Waals surface area contributed by atoms with Crippen LogP contribution in [0.5, 0.6) is 5.88 Å². The highest BCUT2D eigenvalue weighted by atomic mass is 16.5. The number of nitrogens with zero attached hydrogens (tertiary/aromatic N) is 4. The summed E-state index contributed by atoms with van der Waals surface area (Å²) in [7, 11) is 0. The first-order valence-corrected chi connectivity index (χ1v) is 8.73. The molecule has 26 heavy (non-hydrogen) atoms. The third-order valence-corrected chi connectivity index (χ3v) is 4.38. The number of nitrogens with one attached hydrogen (secondary N) is 1. The normalized spacial score (nSPS) is 18.5. The fourth-order valence-corrected chi connectivity index (χ4v) is 2.97. The molecule has 0 spiro atoms. The number of rotatable bonds is 7. The molecule has 3 heterocycles. The van der Waals surface area contributed by atoms with Crippen molar-refractivity contribution in [1.29, 1.82) is 0 Å². The maximum atomic E-state index is 5.91. The van der Waals surface area contributed by atoms with Gasteiger partial charge in [0, 0.05) is 35.9 Å². The molecule has 0 saturated heterocycles. The summed E-state index contributed by atoms with van der Waals surface area (Å²) in [6.45, 7) is 4.90. The van der Waals surface area contributed by atoms with Gasteiger partial charge in [0.15, 0.2) is 0 Å². The zero-order valence-corrected chi connectivity index (χ0v) is 14.8. The molecule has 2 atom stereocenters. The van der Waals surface area contributed by atoms with Crippen LogP contribution >= 0.6 is 0 Å². The van der Waals surface area contributed by atoms with Crippen LogP contribution in [0, 0.1) is 19.8 Å². The van der Waals surface area contributed by atoms with Gasteiger partial charge in [-0.3, -0.25) is 4.98 Å². The van der Waals surface area contributed by atoms with Gasteiger partial charge in [-0.1, -0.05) is 11.2 Å². The topological polar surface area (TPSA) is 86.0 Å². The van der Waals surface area contributed by atoms with Crippen LogP contribution in [0.2, 0.25) is 0 Å². The van der Waals surface area contributed by atoms with Crippen molar-refractivity contribution in [3.8, 4) is 5.88 Å². The summed E-state index contributed by atoms with van der Waals surface area (Å²) >= 11 is 0. The fourth-order valence-electron chi connectivity index (χ4n) is 2.97. The lowest BCUT2D eigenvalue weighted by Crippen LogP contribution is -2.07. The number of pyridine rings is 1. The standard InChI is InChI=1S/C19H21N5O2/c1-12-7-15(24-26-12)10-21-18-9-19(23-13(2)22-18)25-11-14-8-16(14)17-5-3-4-6-20-17/h3-7,9,14,16H,8,10-11H2,1-2H3,(H,21,22,23). The molecule has 0 aromatic carbocycles. The van der Waals surface area contributed by atoms with E-state index in [0.717, 1.165) is 23.6 Å². The zero-order valence-electron chi connectivity index (χ0n) is 14.8. The monoisotopic (exact) mass is 351 g/mol. The quantitative estimate of drug-likeness (QED) is 0.699. The lowest BCUT2D eigenvalue weighted by atomic mass is 10.2. The number of anilines is 1. The largest absolute Gasteiger partial charge is 0.477 e. The molecule has 7 heteroatoms. The zero-order chi connectivity index (χ0) is 17.9. The Morgan fingerprint density at radius 1 is 1.23 bits per heavy atom. The van der Waals surface area contributed by atoms with Gasteiger partial charge >= 0.3 is 0 Å². The van der Waals surface area contributed by atoms with Crippen LogP contribution in [0.4, 0.5) is 5.82 Å². The molecule has 1 aliphatic carbocycles. The summed E-state index contributed by atoms with van der Waals surface area (Å²) in [5.41, 5.74) is 1.97. The Bertz CT molecular complexity index is 881. The molecule has 0 aliphatic heterocycles. The van der Waals surface area contributed by atoms with Gasteiger partial charge in [0.25, 0.3) is 0 Å². The molecule has 0 radical (unpaired) electrons. The molecule has 0 bridgehead atoms. The first-order valence-electron chi connectivity index (χ1n) is 8.73. The van der Waals surface area contributed by atoms with E-state index in [1.807, 2.05) is 44.3 Å². The van der Waals surface area contributed by atoms with Gasteiger partial charge in [0.2, 0.25) is 5.88 Å². The Morgan fingerprint density at radius 2 is 2.15 bits per heavy atom. The Hall–Kier alpha value is -2.96. The van der Waals surface area contributed by atoms with Gasteiger partial charge < -0.3 is 14.6 Å². The van der Waals surface area contributed by atoms with Crippen molar-refractivity contribution in [2.24, 2.45) is 5.92 Å². The summed E-state index contributed by atoms with van der Waals surface area (Å²) in [5, 5.41) is 7.19. The minimum atomic E-state index is 0.493. The number of ether oxygens (including phenoxy) is 1. The molecule has 1 saturated carbocycles. The van der Waals surface area contributed by atoms with Crippen molar-refractivity contribution in [1.82, 2.24) is 20.1 Å². The molecule has 0 amide bonds. The van der Waals surface area contributed by atoms with Crippen LogP contribution in [0.15, 0.2) is 41.1 Å². The number of hydrogen-bond donors (Lipinski definition) is 1. The lowest BCUT2D eigenvalue weighted by Gasteiger charge is -2.09. The second kappa shape index (κ2) is 7.11. The molecule has 4 rings (SSSR count). The molecule has 7 nitrogen and oxygen atoms in total. The predicted octanol–water partition coefficient (Wildman–Crippen LogP) is 3.27. The van der Waals surface area contributed by atoms with Crippen molar-refractivity contribution >= 4 is 5.82 Å². The van der Waals surface area contributed by atoms with E-state index in [0.29, 0.717) is 42.5 Å². The molecule has 1 aliphatic rings. The summed E-state index contributed by atoms with van der Waals surface area (Å²) in [6, 6.07) is 9.76. The van der Waals surface area contributed by atoms with Gasteiger partial charge in [0.1, 0.15) is 23.1 Å². The molecule has 2 unspecified atom stereocenters. The Balaban J connectivity index is 1.33. The SMILES string of the molecule is Cc1nc(NCc2cc(C)on2)cc(OCC2CC2c2ccccn2)n1. The summed E-state index contributed by atoms with van der Waals surface area (Å²) in [5.74, 6) is 3.74. The average molecular weight is 351 g/mol. The van der Waals surface area contributed by atoms with Crippen LogP contribution in [0.25, 0.3) is 0 Å². The molecule has 1 N–H and O–H groups in total. The van der Waals surface area contributed by atoms with Crippen molar-refractivity contribution in [2.45, 2.75) is 32.7 Å². The number of aromatic nitrogens is 4. The highest BCUT2D eigenvalue weighted by molar-refractivity contribution is 5.38. The van der Waals surface area contributed by atoms with Crippen molar-refractivity contribution in [2.75, 3.05) is 11.9 Å². The van der Waals surface area contributed by atoms with Crippen molar-refractivity contribution < 1.29 is 9.26 Å².